The van der Waals surface area contributed by atoms with Gasteiger partial charge in [-0.1, -0.05) is 12.1 Å². The van der Waals surface area contributed by atoms with Gasteiger partial charge in [-0.25, -0.2) is 0 Å². The zero-order valence-electron chi connectivity index (χ0n) is 9.65. The zero-order valence-corrected chi connectivity index (χ0v) is 11.3. The normalized spacial score (nSPS) is 10.5. The number of halogens is 1. The van der Waals surface area contributed by atoms with Crippen LogP contribution in [0.2, 0.25) is 0 Å². The first-order valence-electron chi connectivity index (χ1n) is 4.94. The van der Waals surface area contributed by atoms with Gasteiger partial charge in [0.25, 0.3) is 10.0 Å². The lowest BCUT2D eigenvalue weighted by molar-refractivity contribution is 0.585. The second-order valence-electron chi connectivity index (χ2n) is 3.48. The fraction of sp³-hybridized carbons (Fsp3) is 0. The van der Waals surface area contributed by atoms with Gasteiger partial charge in [-0.05, 0) is 12.1 Å². The zero-order chi connectivity index (χ0) is 13.2. The van der Waals surface area contributed by atoms with Gasteiger partial charge in [0.05, 0.1) is 4.90 Å². The molecule has 0 aliphatic rings. The van der Waals surface area contributed by atoms with Crippen molar-refractivity contribution in [3.8, 4) is 0 Å². The van der Waals surface area contributed by atoms with E-state index in [-0.39, 0.29) is 23.3 Å². The number of nitrogens with zero attached hydrogens (tertiary/aromatic N) is 2. The van der Waals surface area contributed by atoms with E-state index in [1.807, 2.05) is 4.83 Å². The molecule has 9 heteroatoms. The van der Waals surface area contributed by atoms with Crippen molar-refractivity contribution in [2.24, 2.45) is 16.6 Å². The van der Waals surface area contributed by atoms with Gasteiger partial charge in [0.1, 0.15) is 0 Å². The van der Waals surface area contributed by atoms with Gasteiger partial charge >= 0.3 is 0 Å². The molecule has 0 spiro atoms. The predicted molar refractivity (Wildman–Crippen MR) is 75.1 cm³/mol. The fourth-order valence-electron chi connectivity index (χ4n) is 1.49. The van der Waals surface area contributed by atoms with Crippen LogP contribution in [-0.4, -0.2) is 19.4 Å². The monoisotopic (exact) mass is 301 g/mol. The van der Waals surface area contributed by atoms with Crippen LogP contribution in [-0.2, 0) is 10.0 Å². The molecule has 1 heterocycles. The maximum atomic E-state index is 12.0. The summed E-state index contributed by atoms with van der Waals surface area (Å²) in [6.45, 7) is 0. The van der Waals surface area contributed by atoms with Crippen LogP contribution in [0.1, 0.15) is 0 Å². The van der Waals surface area contributed by atoms with E-state index in [4.69, 9.17) is 11.5 Å². The van der Waals surface area contributed by atoms with Gasteiger partial charge in [0, 0.05) is 23.2 Å². The molecular weight excluding hydrogens is 290 g/mol. The molecule has 102 valence electrons. The molecule has 0 aliphatic heterocycles. The third kappa shape index (κ3) is 3.24. The minimum absolute atomic E-state index is 0. The lowest BCUT2D eigenvalue weighted by Crippen LogP contribution is -2.29. The minimum atomic E-state index is -3.81. The summed E-state index contributed by atoms with van der Waals surface area (Å²) in [5.41, 5.74) is 10.2. The Kier molecular flexibility index (Phi) is 4.52. The Morgan fingerprint density at radius 2 is 2.00 bits per heavy atom. The van der Waals surface area contributed by atoms with Crippen LogP contribution in [0.15, 0.2) is 46.7 Å². The lowest BCUT2D eigenvalue weighted by Gasteiger charge is -2.06. The maximum absolute atomic E-state index is 12.0. The van der Waals surface area contributed by atoms with Gasteiger partial charge in [-0.15, -0.1) is 17.5 Å². The fourth-order valence-corrected chi connectivity index (χ4v) is 2.55. The number of hydrogen-bond donors (Lipinski definition) is 3. The molecule has 19 heavy (non-hydrogen) atoms. The highest BCUT2D eigenvalue weighted by Crippen LogP contribution is 2.21. The van der Waals surface area contributed by atoms with Crippen molar-refractivity contribution in [1.82, 2.24) is 9.82 Å². The van der Waals surface area contributed by atoms with Gasteiger partial charge in [-0.3, -0.25) is 4.98 Å². The highest BCUT2D eigenvalue weighted by molar-refractivity contribution is 7.89. The number of guanidine groups is 1. The summed E-state index contributed by atoms with van der Waals surface area (Å²) in [7, 11) is -3.81. The van der Waals surface area contributed by atoms with Crippen LogP contribution in [0.3, 0.4) is 0 Å². The van der Waals surface area contributed by atoms with Crippen LogP contribution >= 0.6 is 12.4 Å². The van der Waals surface area contributed by atoms with Crippen molar-refractivity contribution in [2.75, 3.05) is 0 Å². The molecule has 0 fully saturated rings. The first-order valence-corrected chi connectivity index (χ1v) is 6.42. The Morgan fingerprint density at radius 3 is 2.68 bits per heavy atom. The predicted octanol–water partition coefficient (Wildman–Crippen LogP) is 0.123. The van der Waals surface area contributed by atoms with Crippen LogP contribution < -0.4 is 16.3 Å². The maximum Gasteiger partial charge on any atom is 0.277 e. The second-order valence-corrected chi connectivity index (χ2v) is 5.11. The summed E-state index contributed by atoms with van der Waals surface area (Å²) in [4.78, 5) is 5.97. The number of benzene rings is 1. The molecular formula is C10H12ClN5O2S. The summed E-state index contributed by atoms with van der Waals surface area (Å²) in [6, 6.07) is 6.46. The number of nitrogens with one attached hydrogen (secondary N) is 1. The molecule has 0 saturated carbocycles. The Hall–Kier alpha value is -2.06. The van der Waals surface area contributed by atoms with Crippen molar-refractivity contribution in [3.63, 3.8) is 0 Å². The Balaban J connectivity index is 0.00000180. The molecule has 1 aromatic heterocycles. The molecule has 0 unspecified atom stereocenters. The van der Waals surface area contributed by atoms with Gasteiger partial charge in [0.15, 0.2) is 0 Å². The van der Waals surface area contributed by atoms with E-state index in [1.54, 1.807) is 24.4 Å². The van der Waals surface area contributed by atoms with Crippen molar-refractivity contribution in [2.45, 2.75) is 4.90 Å². The average Bonchev–Trinajstić information content (AvgIpc) is 2.36. The summed E-state index contributed by atoms with van der Waals surface area (Å²) in [5, 5.41) is 4.56. The molecule has 2 aromatic rings. The smallest absolute Gasteiger partial charge is 0.277 e. The first-order chi connectivity index (χ1) is 8.50. The third-order valence-electron chi connectivity index (χ3n) is 2.23. The van der Waals surface area contributed by atoms with E-state index in [0.717, 1.165) is 0 Å². The van der Waals surface area contributed by atoms with Crippen molar-refractivity contribution in [1.29, 1.82) is 0 Å². The van der Waals surface area contributed by atoms with Gasteiger partial charge in [-0.2, -0.15) is 13.2 Å². The van der Waals surface area contributed by atoms with E-state index in [1.165, 1.54) is 12.3 Å². The molecule has 0 radical (unpaired) electrons. The molecule has 7 nitrogen and oxygen atoms in total. The molecule has 2 rings (SSSR count). The number of nitrogens with two attached hydrogens (primary N) is 2. The molecule has 0 saturated heterocycles. The first kappa shape index (κ1) is 15.0. The summed E-state index contributed by atoms with van der Waals surface area (Å²) < 4.78 is 24.0. The molecule has 1 aromatic carbocycles. The van der Waals surface area contributed by atoms with Crippen molar-refractivity contribution < 1.29 is 8.42 Å². The van der Waals surface area contributed by atoms with Crippen molar-refractivity contribution in [3.05, 3.63) is 36.7 Å². The number of hydrazone groups is 1. The topological polar surface area (TPSA) is 123 Å². The van der Waals surface area contributed by atoms with Gasteiger partial charge in [0.2, 0.25) is 5.96 Å². The molecule has 0 amide bonds. The molecule has 0 atom stereocenters. The number of hydrogen-bond acceptors (Lipinski definition) is 4. The Labute approximate surface area is 116 Å². The highest BCUT2D eigenvalue weighted by atomic mass is 35.5. The Bertz CT molecular complexity index is 707. The number of fused-ring (bicyclic) bond motifs is 1. The number of sulfonamides is 1. The molecule has 0 bridgehead atoms. The summed E-state index contributed by atoms with van der Waals surface area (Å²) >= 11 is 0. The average molecular weight is 302 g/mol. The Morgan fingerprint density at radius 1 is 1.26 bits per heavy atom. The van der Waals surface area contributed by atoms with E-state index < -0.39 is 10.0 Å². The standard InChI is InChI=1S/C10H11N5O2S.ClH/c11-10(12)14-15-18(16,17)9-3-1-2-7-6-13-5-4-8(7)9;/h1-6,15H,(H4,11,12,14);1H. The number of rotatable bonds is 3. The van der Waals surface area contributed by atoms with E-state index >= 15 is 0 Å². The van der Waals surface area contributed by atoms with Gasteiger partial charge < -0.3 is 11.5 Å². The van der Waals surface area contributed by atoms with Crippen LogP contribution in [0.25, 0.3) is 10.8 Å². The van der Waals surface area contributed by atoms with E-state index in [2.05, 4.69) is 10.1 Å². The van der Waals surface area contributed by atoms with E-state index in [0.29, 0.717) is 10.8 Å². The van der Waals surface area contributed by atoms with Crippen LogP contribution in [0.4, 0.5) is 0 Å². The lowest BCUT2D eigenvalue weighted by atomic mass is 10.2. The van der Waals surface area contributed by atoms with Crippen LogP contribution in [0, 0.1) is 0 Å². The third-order valence-corrected chi connectivity index (χ3v) is 3.49. The quantitative estimate of drug-likeness (QED) is 0.422. The summed E-state index contributed by atoms with van der Waals surface area (Å²) in [6.07, 6.45) is 3.09. The largest absolute Gasteiger partial charge is 0.369 e. The molecule has 5 N–H and O–H groups in total. The highest BCUT2D eigenvalue weighted by Gasteiger charge is 2.16. The SMILES string of the molecule is Cl.NC(N)=NNS(=O)(=O)c1cccc2cnccc12. The second kappa shape index (κ2) is 5.72. The molecule has 0 aliphatic carbocycles. The van der Waals surface area contributed by atoms with Crippen molar-refractivity contribution >= 4 is 39.2 Å². The number of pyridine rings is 1. The van der Waals surface area contributed by atoms with E-state index in [9.17, 15) is 8.42 Å². The van der Waals surface area contributed by atoms with Crippen LogP contribution in [0.5, 0.6) is 0 Å². The minimum Gasteiger partial charge on any atom is -0.369 e. The summed E-state index contributed by atoms with van der Waals surface area (Å²) in [5.74, 6) is -0.361. The number of aromatic nitrogens is 1.